The Morgan fingerprint density at radius 3 is 2.93 bits per heavy atom. The van der Waals surface area contributed by atoms with Gasteiger partial charge in [0.2, 0.25) is 0 Å². The second kappa shape index (κ2) is 3.13. The van der Waals surface area contributed by atoms with Crippen molar-refractivity contribution in [2.24, 2.45) is 0 Å². The Morgan fingerprint density at radius 1 is 1.57 bits per heavy atom. The SMILES string of the molecule is CC1(O)CCCN(c2nnc(N)o2)C1. The maximum absolute atomic E-state index is 9.85. The quantitative estimate of drug-likeness (QED) is 0.660. The predicted molar refractivity (Wildman–Crippen MR) is 50.8 cm³/mol. The van der Waals surface area contributed by atoms with Gasteiger partial charge in [0, 0.05) is 6.54 Å². The van der Waals surface area contributed by atoms with Crippen molar-refractivity contribution in [3.05, 3.63) is 0 Å². The number of nitrogens with zero attached hydrogens (tertiary/aromatic N) is 3. The van der Waals surface area contributed by atoms with E-state index in [-0.39, 0.29) is 6.01 Å². The molecule has 1 unspecified atom stereocenters. The molecule has 3 N–H and O–H groups in total. The lowest BCUT2D eigenvalue weighted by molar-refractivity contribution is 0.0435. The highest BCUT2D eigenvalue weighted by Crippen LogP contribution is 2.24. The number of nitrogens with two attached hydrogens (primary N) is 1. The number of nitrogen functional groups attached to an aromatic ring is 1. The van der Waals surface area contributed by atoms with Crippen LogP contribution in [-0.2, 0) is 0 Å². The van der Waals surface area contributed by atoms with Crippen LogP contribution in [0.15, 0.2) is 4.42 Å². The van der Waals surface area contributed by atoms with E-state index in [1.54, 1.807) is 6.92 Å². The number of rotatable bonds is 1. The third-order valence-electron chi connectivity index (χ3n) is 2.38. The molecule has 0 bridgehead atoms. The Bertz CT molecular complexity index is 323. The highest BCUT2D eigenvalue weighted by Gasteiger charge is 2.30. The molecule has 1 fully saturated rings. The molecule has 6 nitrogen and oxygen atoms in total. The number of piperidine rings is 1. The summed E-state index contributed by atoms with van der Waals surface area (Å²) in [5.41, 5.74) is 4.64. The summed E-state index contributed by atoms with van der Waals surface area (Å²) in [4.78, 5) is 1.85. The normalized spacial score (nSPS) is 28.0. The number of aromatic nitrogens is 2. The van der Waals surface area contributed by atoms with E-state index < -0.39 is 5.60 Å². The summed E-state index contributed by atoms with van der Waals surface area (Å²) < 4.78 is 5.09. The zero-order chi connectivity index (χ0) is 10.2. The van der Waals surface area contributed by atoms with Gasteiger partial charge in [0.25, 0.3) is 0 Å². The van der Waals surface area contributed by atoms with Crippen molar-refractivity contribution in [2.45, 2.75) is 25.4 Å². The Hall–Kier alpha value is -1.30. The van der Waals surface area contributed by atoms with Crippen LogP contribution in [0.4, 0.5) is 12.0 Å². The van der Waals surface area contributed by atoms with Crippen LogP contribution in [0.2, 0.25) is 0 Å². The molecule has 6 heteroatoms. The molecule has 2 heterocycles. The number of β-amino-alcohol motifs (C(OH)–C–C–N with tert-alkyl or cyclic N) is 1. The second-order valence-electron chi connectivity index (χ2n) is 3.94. The summed E-state index contributed by atoms with van der Waals surface area (Å²) in [7, 11) is 0. The Kier molecular flexibility index (Phi) is 2.07. The van der Waals surface area contributed by atoms with E-state index in [1.807, 2.05) is 4.90 Å². The average Bonchev–Trinajstić information content (AvgIpc) is 2.50. The van der Waals surface area contributed by atoms with Crippen LogP contribution in [-0.4, -0.2) is 34.0 Å². The lowest BCUT2D eigenvalue weighted by Crippen LogP contribution is -2.46. The zero-order valence-corrected chi connectivity index (χ0v) is 8.10. The monoisotopic (exact) mass is 198 g/mol. The van der Waals surface area contributed by atoms with Gasteiger partial charge in [0.15, 0.2) is 0 Å². The van der Waals surface area contributed by atoms with Crippen LogP contribution < -0.4 is 10.6 Å². The second-order valence-corrected chi connectivity index (χ2v) is 3.94. The van der Waals surface area contributed by atoms with Crippen molar-refractivity contribution in [2.75, 3.05) is 23.7 Å². The summed E-state index contributed by atoms with van der Waals surface area (Å²) in [6.07, 6.45) is 1.71. The number of aliphatic hydroxyl groups is 1. The third-order valence-corrected chi connectivity index (χ3v) is 2.38. The van der Waals surface area contributed by atoms with Gasteiger partial charge in [-0.3, -0.25) is 0 Å². The molecule has 0 saturated carbocycles. The molecule has 0 radical (unpaired) electrons. The molecule has 0 aromatic carbocycles. The van der Waals surface area contributed by atoms with E-state index in [9.17, 15) is 5.11 Å². The van der Waals surface area contributed by atoms with Crippen LogP contribution in [0.3, 0.4) is 0 Å². The molecular weight excluding hydrogens is 184 g/mol. The van der Waals surface area contributed by atoms with Gasteiger partial charge in [-0.05, 0) is 19.8 Å². The Labute approximate surface area is 81.7 Å². The molecule has 1 aromatic rings. The molecule has 14 heavy (non-hydrogen) atoms. The fourth-order valence-electron chi connectivity index (χ4n) is 1.74. The first-order valence-corrected chi connectivity index (χ1v) is 4.63. The van der Waals surface area contributed by atoms with Crippen molar-refractivity contribution in [1.29, 1.82) is 0 Å². The molecule has 1 saturated heterocycles. The molecule has 2 rings (SSSR count). The van der Waals surface area contributed by atoms with Gasteiger partial charge in [-0.25, -0.2) is 0 Å². The predicted octanol–water partition coefficient (Wildman–Crippen LogP) is 0.00300. The number of anilines is 2. The summed E-state index contributed by atoms with van der Waals surface area (Å²) >= 11 is 0. The minimum absolute atomic E-state index is 0.0604. The number of hydrogen-bond acceptors (Lipinski definition) is 6. The molecule has 1 atom stereocenters. The highest BCUT2D eigenvalue weighted by molar-refractivity contribution is 5.29. The van der Waals surface area contributed by atoms with E-state index in [4.69, 9.17) is 10.2 Å². The van der Waals surface area contributed by atoms with E-state index in [0.29, 0.717) is 12.6 Å². The van der Waals surface area contributed by atoms with Crippen LogP contribution in [0.1, 0.15) is 19.8 Å². The van der Waals surface area contributed by atoms with Gasteiger partial charge in [-0.1, -0.05) is 10.2 Å². The molecule has 0 spiro atoms. The lowest BCUT2D eigenvalue weighted by Gasteiger charge is -2.35. The minimum atomic E-state index is -0.679. The first-order valence-electron chi connectivity index (χ1n) is 4.63. The van der Waals surface area contributed by atoms with Gasteiger partial charge in [-0.15, -0.1) is 0 Å². The standard InChI is InChI=1S/C8H14N4O2/c1-8(13)3-2-4-12(5-8)7-11-10-6(9)14-7/h13H,2-5H2,1H3,(H2,9,10). The van der Waals surface area contributed by atoms with Crippen molar-refractivity contribution in [3.63, 3.8) is 0 Å². The zero-order valence-electron chi connectivity index (χ0n) is 8.10. The van der Waals surface area contributed by atoms with Gasteiger partial charge >= 0.3 is 12.0 Å². The molecule has 1 aliphatic rings. The number of hydrogen-bond donors (Lipinski definition) is 2. The summed E-state index contributed by atoms with van der Waals surface area (Å²) in [5.74, 6) is 0. The van der Waals surface area contributed by atoms with Gasteiger partial charge in [-0.2, -0.15) is 0 Å². The molecule has 1 aliphatic heterocycles. The maximum atomic E-state index is 9.85. The topological polar surface area (TPSA) is 88.4 Å². The molecule has 0 amide bonds. The van der Waals surface area contributed by atoms with E-state index >= 15 is 0 Å². The molecule has 1 aromatic heterocycles. The van der Waals surface area contributed by atoms with Crippen molar-refractivity contribution >= 4 is 12.0 Å². The van der Waals surface area contributed by atoms with Crippen LogP contribution in [0, 0.1) is 0 Å². The molecule has 78 valence electrons. The first kappa shape index (κ1) is 9.26. The smallest absolute Gasteiger partial charge is 0.319 e. The van der Waals surface area contributed by atoms with Gasteiger partial charge in [0.05, 0.1) is 12.1 Å². The maximum Gasteiger partial charge on any atom is 0.319 e. The van der Waals surface area contributed by atoms with Crippen molar-refractivity contribution < 1.29 is 9.52 Å². The van der Waals surface area contributed by atoms with Crippen LogP contribution in [0.5, 0.6) is 0 Å². The fraction of sp³-hybridized carbons (Fsp3) is 0.750. The average molecular weight is 198 g/mol. The first-order chi connectivity index (χ1) is 6.57. The van der Waals surface area contributed by atoms with Crippen molar-refractivity contribution in [3.8, 4) is 0 Å². The molecular formula is C8H14N4O2. The van der Waals surface area contributed by atoms with E-state index in [2.05, 4.69) is 10.2 Å². The minimum Gasteiger partial charge on any atom is -0.390 e. The van der Waals surface area contributed by atoms with Gasteiger partial charge < -0.3 is 20.2 Å². The van der Waals surface area contributed by atoms with E-state index in [0.717, 1.165) is 19.4 Å². The van der Waals surface area contributed by atoms with Crippen molar-refractivity contribution in [1.82, 2.24) is 10.2 Å². The largest absolute Gasteiger partial charge is 0.390 e. The fourth-order valence-corrected chi connectivity index (χ4v) is 1.74. The van der Waals surface area contributed by atoms with Crippen LogP contribution in [0.25, 0.3) is 0 Å². The summed E-state index contributed by atoms with van der Waals surface area (Å²) in [6, 6.07) is 0.452. The van der Waals surface area contributed by atoms with Gasteiger partial charge in [0.1, 0.15) is 0 Å². The lowest BCUT2D eigenvalue weighted by atomic mass is 9.96. The summed E-state index contributed by atoms with van der Waals surface area (Å²) in [6.45, 7) is 3.13. The van der Waals surface area contributed by atoms with E-state index in [1.165, 1.54) is 0 Å². The van der Waals surface area contributed by atoms with Crippen LogP contribution >= 0.6 is 0 Å². The summed E-state index contributed by atoms with van der Waals surface area (Å²) in [5, 5.41) is 17.2. The Balaban J connectivity index is 2.12. The Morgan fingerprint density at radius 2 is 2.36 bits per heavy atom. The molecule has 0 aliphatic carbocycles. The highest BCUT2D eigenvalue weighted by atomic mass is 16.4. The third kappa shape index (κ3) is 1.79.